The summed E-state index contributed by atoms with van der Waals surface area (Å²) in [5.41, 5.74) is 6.30. The average molecular weight is 210 g/mol. The average Bonchev–Trinajstić information content (AvgIpc) is 2.30. The summed E-state index contributed by atoms with van der Waals surface area (Å²) in [6.45, 7) is 1.84. The van der Waals surface area contributed by atoms with Gasteiger partial charge in [0.2, 0.25) is 0 Å². The lowest BCUT2D eigenvalue weighted by molar-refractivity contribution is 0.0723. The number of hydrogen-bond acceptors (Lipinski definition) is 6. The molecule has 6 heteroatoms. The molecule has 0 radical (unpaired) electrons. The Kier molecular flexibility index (Phi) is 2.98. The van der Waals surface area contributed by atoms with E-state index in [4.69, 9.17) is 10.5 Å². The SMILES string of the molecule is Nc1cncnc1N1CCOCC1CO. The largest absolute Gasteiger partial charge is 0.394 e. The number of aliphatic hydroxyl groups excluding tert-OH is 1. The van der Waals surface area contributed by atoms with Crippen molar-refractivity contribution in [2.45, 2.75) is 6.04 Å². The molecule has 1 atom stereocenters. The molecule has 3 N–H and O–H groups in total. The van der Waals surface area contributed by atoms with E-state index < -0.39 is 0 Å². The van der Waals surface area contributed by atoms with Gasteiger partial charge in [-0.05, 0) is 0 Å². The van der Waals surface area contributed by atoms with Crippen LogP contribution < -0.4 is 10.6 Å². The molecule has 1 aromatic heterocycles. The minimum absolute atomic E-state index is 0.0312. The highest BCUT2D eigenvalue weighted by Crippen LogP contribution is 2.22. The number of rotatable bonds is 2. The molecule has 82 valence electrons. The molecule has 1 fully saturated rings. The minimum Gasteiger partial charge on any atom is -0.394 e. The standard InChI is InChI=1S/C9H14N4O2/c10-8-3-11-6-12-9(8)13-1-2-15-5-7(13)4-14/h3,6-7,14H,1-2,4-5,10H2. The van der Waals surface area contributed by atoms with Crippen molar-refractivity contribution in [2.75, 3.05) is 37.0 Å². The number of aliphatic hydroxyl groups is 1. The van der Waals surface area contributed by atoms with E-state index in [0.717, 1.165) is 0 Å². The highest BCUT2D eigenvalue weighted by Gasteiger charge is 2.24. The van der Waals surface area contributed by atoms with Gasteiger partial charge in [-0.25, -0.2) is 9.97 Å². The molecule has 1 saturated heterocycles. The first-order valence-electron chi connectivity index (χ1n) is 4.83. The number of nitrogen functional groups attached to an aromatic ring is 1. The lowest BCUT2D eigenvalue weighted by Gasteiger charge is -2.35. The second kappa shape index (κ2) is 4.41. The molecule has 0 amide bonds. The number of nitrogens with two attached hydrogens (primary N) is 1. The molecular formula is C9H14N4O2. The Hall–Kier alpha value is -1.40. The van der Waals surface area contributed by atoms with Crippen molar-refractivity contribution in [3.63, 3.8) is 0 Å². The van der Waals surface area contributed by atoms with Crippen molar-refractivity contribution in [1.82, 2.24) is 9.97 Å². The first kappa shape index (κ1) is 10.1. The lowest BCUT2D eigenvalue weighted by atomic mass is 10.2. The second-order valence-electron chi connectivity index (χ2n) is 3.41. The van der Waals surface area contributed by atoms with Crippen LogP contribution in [0.25, 0.3) is 0 Å². The fourth-order valence-electron chi connectivity index (χ4n) is 1.66. The molecule has 1 aromatic rings. The van der Waals surface area contributed by atoms with Crippen molar-refractivity contribution < 1.29 is 9.84 Å². The van der Waals surface area contributed by atoms with Gasteiger partial charge in [0.1, 0.15) is 6.33 Å². The zero-order valence-corrected chi connectivity index (χ0v) is 8.33. The zero-order valence-electron chi connectivity index (χ0n) is 8.33. The van der Waals surface area contributed by atoms with Gasteiger partial charge in [-0.1, -0.05) is 0 Å². The summed E-state index contributed by atoms with van der Waals surface area (Å²) < 4.78 is 5.28. The first-order valence-corrected chi connectivity index (χ1v) is 4.83. The van der Waals surface area contributed by atoms with E-state index in [-0.39, 0.29) is 12.6 Å². The molecule has 1 aliphatic rings. The van der Waals surface area contributed by atoms with E-state index in [1.807, 2.05) is 4.90 Å². The summed E-state index contributed by atoms with van der Waals surface area (Å²) >= 11 is 0. The normalized spacial score (nSPS) is 21.7. The highest BCUT2D eigenvalue weighted by molar-refractivity contribution is 5.61. The van der Waals surface area contributed by atoms with Crippen molar-refractivity contribution >= 4 is 11.5 Å². The summed E-state index contributed by atoms with van der Waals surface area (Å²) in [5.74, 6) is 0.673. The van der Waals surface area contributed by atoms with Crippen LogP contribution >= 0.6 is 0 Å². The van der Waals surface area contributed by atoms with Gasteiger partial charge in [0.25, 0.3) is 0 Å². The van der Waals surface area contributed by atoms with Gasteiger partial charge in [-0.15, -0.1) is 0 Å². The van der Waals surface area contributed by atoms with Gasteiger partial charge in [0, 0.05) is 6.54 Å². The first-order chi connectivity index (χ1) is 7.33. The molecule has 0 aromatic carbocycles. The summed E-state index contributed by atoms with van der Waals surface area (Å²) in [7, 11) is 0. The molecule has 0 bridgehead atoms. The Morgan fingerprint density at radius 1 is 1.67 bits per heavy atom. The summed E-state index contributed by atoms with van der Waals surface area (Å²) in [6, 6.07) is -0.0732. The molecule has 2 rings (SSSR count). The van der Waals surface area contributed by atoms with Crippen LogP contribution in [0.3, 0.4) is 0 Å². The van der Waals surface area contributed by atoms with E-state index in [1.165, 1.54) is 6.33 Å². The van der Waals surface area contributed by atoms with Crippen molar-refractivity contribution in [3.05, 3.63) is 12.5 Å². The third-order valence-electron chi connectivity index (χ3n) is 2.43. The minimum atomic E-state index is -0.0732. The summed E-state index contributed by atoms with van der Waals surface area (Å²) in [5, 5.41) is 9.21. The number of morpholine rings is 1. The number of hydrogen-bond donors (Lipinski definition) is 2. The number of ether oxygens (including phenoxy) is 1. The van der Waals surface area contributed by atoms with Crippen molar-refractivity contribution in [1.29, 1.82) is 0 Å². The number of aromatic nitrogens is 2. The predicted molar refractivity (Wildman–Crippen MR) is 55.5 cm³/mol. The molecular weight excluding hydrogens is 196 g/mol. The van der Waals surface area contributed by atoms with Gasteiger partial charge in [0.15, 0.2) is 5.82 Å². The van der Waals surface area contributed by atoms with Crippen LogP contribution in [0.1, 0.15) is 0 Å². The van der Waals surface area contributed by atoms with Crippen LogP contribution in [0.15, 0.2) is 12.5 Å². The molecule has 1 aliphatic heterocycles. The van der Waals surface area contributed by atoms with E-state index in [0.29, 0.717) is 31.3 Å². The second-order valence-corrected chi connectivity index (χ2v) is 3.41. The van der Waals surface area contributed by atoms with E-state index >= 15 is 0 Å². The summed E-state index contributed by atoms with van der Waals surface area (Å²) in [6.07, 6.45) is 3.02. The Bertz CT molecular complexity index is 334. The third kappa shape index (κ3) is 2.00. The van der Waals surface area contributed by atoms with Gasteiger partial charge in [0.05, 0.1) is 37.7 Å². The molecule has 0 aliphatic carbocycles. The smallest absolute Gasteiger partial charge is 0.155 e. The Morgan fingerprint density at radius 3 is 3.27 bits per heavy atom. The Labute approximate surface area is 87.7 Å². The predicted octanol–water partition coefficient (Wildman–Crippen LogP) is -0.744. The zero-order chi connectivity index (χ0) is 10.7. The van der Waals surface area contributed by atoms with Crippen LogP contribution in [0.2, 0.25) is 0 Å². The van der Waals surface area contributed by atoms with Crippen LogP contribution in [0.4, 0.5) is 11.5 Å². The van der Waals surface area contributed by atoms with Crippen LogP contribution in [-0.2, 0) is 4.74 Å². The van der Waals surface area contributed by atoms with E-state index in [1.54, 1.807) is 6.20 Å². The maximum atomic E-state index is 9.21. The van der Waals surface area contributed by atoms with Crippen molar-refractivity contribution in [2.24, 2.45) is 0 Å². The summed E-state index contributed by atoms with van der Waals surface area (Å²) in [4.78, 5) is 9.92. The van der Waals surface area contributed by atoms with E-state index in [9.17, 15) is 5.11 Å². The maximum absolute atomic E-state index is 9.21. The monoisotopic (exact) mass is 210 g/mol. The number of anilines is 2. The Morgan fingerprint density at radius 2 is 2.53 bits per heavy atom. The topological polar surface area (TPSA) is 84.5 Å². The van der Waals surface area contributed by atoms with Gasteiger partial charge in [-0.3, -0.25) is 0 Å². The van der Waals surface area contributed by atoms with Gasteiger partial charge < -0.3 is 20.5 Å². The van der Waals surface area contributed by atoms with Gasteiger partial charge in [-0.2, -0.15) is 0 Å². The van der Waals surface area contributed by atoms with Crippen LogP contribution in [0, 0.1) is 0 Å². The van der Waals surface area contributed by atoms with Crippen molar-refractivity contribution in [3.8, 4) is 0 Å². The number of nitrogens with zero attached hydrogens (tertiary/aromatic N) is 3. The van der Waals surface area contributed by atoms with Crippen LogP contribution in [-0.4, -0.2) is 47.5 Å². The molecule has 0 spiro atoms. The van der Waals surface area contributed by atoms with E-state index in [2.05, 4.69) is 9.97 Å². The highest BCUT2D eigenvalue weighted by atomic mass is 16.5. The van der Waals surface area contributed by atoms with Gasteiger partial charge >= 0.3 is 0 Å². The fourth-order valence-corrected chi connectivity index (χ4v) is 1.66. The molecule has 2 heterocycles. The quantitative estimate of drug-likeness (QED) is 0.668. The molecule has 15 heavy (non-hydrogen) atoms. The maximum Gasteiger partial charge on any atom is 0.155 e. The van der Waals surface area contributed by atoms with Crippen LogP contribution in [0.5, 0.6) is 0 Å². The Balaban J connectivity index is 2.24. The fraction of sp³-hybridized carbons (Fsp3) is 0.556. The third-order valence-corrected chi connectivity index (χ3v) is 2.43. The molecule has 6 nitrogen and oxygen atoms in total. The lowest BCUT2D eigenvalue weighted by Crippen LogP contribution is -2.48. The molecule has 1 unspecified atom stereocenters. The molecule has 0 saturated carbocycles.